The molecule has 8 nitrogen and oxygen atoms in total. The maximum absolute atomic E-state index is 13.5. The summed E-state index contributed by atoms with van der Waals surface area (Å²) in [5.41, 5.74) is 0.553. The molecule has 2 amide bonds. The first kappa shape index (κ1) is 18.3. The predicted molar refractivity (Wildman–Crippen MR) is 110 cm³/mol. The maximum atomic E-state index is 13.5. The van der Waals surface area contributed by atoms with Crippen LogP contribution in [0.5, 0.6) is 17.2 Å². The zero-order valence-corrected chi connectivity index (χ0v) is 16.7. The molecule has 0 saturated carbocycles. The van der Waals surface area contributed by atoms with Gasteiger partial charge in [-0.15, -0.1) is 0 Å². The van der Waals surface area contributed by atoms with Crippen LogP contribution >= 0.6 is 0 Å². The summed E-state index contributed by atoms with van der Waals surface area (Å²) in [5, 5.41) is 2.92. The van der Waals surface area contributed by atoms with Crippen molar-refractivity contribution in [1.29, 1.82) is 0 Å². The van der Waals surface area contributed by atoms with Crippen molar-refractivity contribution in [2.24, 2.45) is 11.8 Å². The molecule has 4 aliphatic rings. The first-order valence-corrected chi connectivity index (χ1v) is 10.1. The molecule has 2 saturated heterocycles. The Morgan fingerprint density at radius 2 is 1.97 bits per heavy atom. The van der Waals surface area contributed by atoms with Crippen molar-refractivity contribution in [3.8, 4) is 17.2 Å². The number of fused-ring (bicyclic) bond motifs is 2. The molecule has 2 aromatic rings. The number of benzene rings is 2. The van der Waals surface area contributed by atoms with Gasteiger partial charge in [-0.25, -0.2) is 0 Å². The molecule has 0 aliphatic carbocycles. The molecule has 0 aromatic heterocycles. The highest BCUT2D eigenvalue weighted by atomic mass is 16.7. The Morgan fingerprint density at radius 1 is 1.16 bits per heavy atom. The first-order valence-electron chi connectivity index (χ1n) is 10.1. The zero-order chi connectivity index (χ0) is 21.2. The number of carbonyl (C=O) groups is 2. The number of carbonyl (C=O) groups excluding carboxylic acids is 2. The van der Waals surface area contributed by atoms with E-state index in [0.29, 0.717) is 35.2 Å². The smallest absolute Gasteiger partial charge is 0.234 e. The summed E-state index contributed by atoms with van der Waals surface area (Å²) in [5.74, 6) is 0.433. The van der Waals surface area contributed by atoms with E-state index in [9.17, 15) is 9.59 Å². The number of hydrogen-bond acceptors (Lipinski definition) is 6. The molecule has 2 fully saturated rings. The highest BCUT2D eigenvalue weighted by molar-refractivity contribution is 6.05. The lowest BCUT2D eigenvalue weighted by atomic mass is 9.77. The van der Waals surface area contributed by atoms with Crippen molar-refractivity contribution >= 4 is 23.2 Å². The van der Waals surface area contributed by atoms with Crippen LogP contribution in [0.25, 0.3) is 0 Å². The number of ether oxygens (including phenoxy) is 4. The van der Waals surface area contributed by atoms with Crippen LogP contribution in [0, 0.1) is 11.8 Å². The van der Waals surface area contributed by atoms with Gasteiger partial charge >= 0.3 is 0 Å². The minimum atomic E-state index is -0.792. The molecule has 4 aliphatic heterocycles. The lowest BCUT2D eigenvalue weighted by molar-refractivity contribution is -0.128. The number of rotatable bonds is 4. The van der Waals surface area contributed by atoms with Gasteiger partial charge in [-0.05, 0) is 36.4 Å². The quantitative estimate of drug-likeness (QED) is 0.765. The van der Waals surface area contributed by atoms with Gasteiger partial charge in [0.2, 0.25) is 18.6 Å². The van der Waals surface area contributed by atoms with Crippen molar-refractivity contribution in [3.05, 3.63) is 54.6 Å². The number of amides is 2. The Balaban J connectivity index is 1.27. The van der Waals surface area contributed by atoms with Crippen molar-refractivity contribution < 1.29 is 28.5 Å². The molecule has 6 rings (SSSR count). The highest BCUT2D eigenvalue weighted by Gasteiger charge is 2.67. The Bertz CT molecular complexity index is 1110. The molecule has 1 spiro atoms. The molecule has 0 radical (unpaired) electrons. The summed E-state index contributed by atoms with van der Waals surface area (Å²) in [7, 11) is 1.59. The summed E-state index contributed by atoms with van der Waals surface area (Å²) >= 11 is 0. The van der Waals surface area contributed by atoms with Crippen LogP contribution in [0.4, 0.5) is 11.4 Å². The van der Waals surface area contributed by atoms with E-state index < -0.39 is 23.5 Å². The van der Waals surface area contributed by atoms with Gasteiger partial charge in [0.05, 0.1) is 31.6 Å². The summed E-state index contributed by atoms with van der Waals surface area (Å²) in [6.07, 6.45) is 3.42. The lowest BCUT2D eigenvalue weighted by Crippen LogP contribution is -2.41. The first-order chi connectivity index (χ1) is 15.1. The summed E-state index contributed by atoms with van der Waals surface area (Å²) in [4.78, 5) is 28.3. The Hall–Kier alpha value is -3.52. The highest BCUT2D eigenvalue weighted by Crippen LogP contribution is 2.53. The monoisotopic (exact) mass is 420 g/mol. The van der Waals surface area contributed by atoms with Crippen LogP contribution in [0.2, 0.25) is 0 Å². The molecular weight excluding hydrogens is 400 g/mol. The van der Waals surface area contributed by atoms with Gasteiger partial charge in [0.15, 0.2) is 11.5 Å². The van der Waals surface area contributed by atoms with E-state index in [1.807, 2.05) is 18.2 Å². The Kier molecular flexibility index (Phi) is 3.82. The van der Waals surface area contributed by atoms with Crippen LogP contribution in [-0.2, 0) is 14.3 Å². The van der Waals surface area contributed by atoms with E-state index in [0.717, 1.165) is 0 Å². The van der Waals surface area contributed by atoms with Crippen LogP contribution in [-0.4, -0.2) is 44.0 Å². The number of nitrogens with zero attached hydrogens (tertiary/aromatic N) is 1. The van der Waals surface area contributed by atoms with E-state index in [2.05, 4.69) is 5.32 Å². The van der Waals surface area contributed by atoms with E-state index in [4.69, 9.17) is 18.9 Å². The molecule has 2 bridgehead atoms. The summed E-state index contributed by atoms with van der Waals surface area (Å²) < 4.78 is 22.2. The third-order valence-electron chi connectivity index (χ3n) is 6.43. The third-order valence-corrected chi connectivity index (χ3v) is 6.43. The normalized spacial score (nSPS) is 29.4. The Morgan fingerprint density at radius 3 is 2.77 bits per heavy atom. The third kappa shape index (κ3) is 2.64. The summed E-state index contributed by atoms with van der Waals surface area (Å²) in [6.45, 7) is 0.524. The van der Waals surface area contributed by atoms with Crippen molar-refractivity contribution in [3.63, 3.8) is 0 Å². The van der Waals surface area contributed by atoms with Gasteiger partial charge in [-0.3, -0.25) is 9.59 Å². The van der Waals surface area contributed by atoms with Crippen LogP contribution in [0.1, 0.15) is 0 Å². The van der Waals surface area contributed by atoms with E-state index in [1.165, 1.54) is 0 Å². The molecule has 4 atom stereocenters. The second-order valence-electron chi connectivity index (χ2n) is 8.08. The lowest BCUT2D eigenvalue weighted by Gasteiger charge is -2.23. The van der Waals surface area contributed by atoms with Crippen LogP contribution in [0.15, 0.2) is 54.6 Å². The zero-order valence-electron chi connectivity index (χ0n) is 16.7. The van der Waals surface area contributed by atoms with Gasteiger partial charge in [0.1, 0.15) is 11.4 Å². The fourth-order valence-corrected chi connectivity index (χ4v) is 4.97. The maximum Gasteiger partial charge on any atom is 0.234 e. The largest absolute Gasteiger partial charge is 0.497 e. The molecule has 4 heterocycles. The second kappa shape index (κ2) is 6.49. The average Bonchev–Trinajstić information content (AvgIpc) is 3.54. The SMILES string of the molecule is COc1ccc(NC(=O)C2C3C(=O)N(c4ccc5c(c4)OCO5)CC34C=C[C@H]2O4)cc1. The predicted octanol–water partition coefficient (Wildman–Crippen LogP) is 2.35. The van der Waals surface area contributed by atoms with Gasteiger partial charge < -0.3 is 29.2 Å². The summed E-state index contributed by atoms with van der Waals surface area (Å²) in [6, 6.07) is 12.5. The van der Waals surface area contributed by atoms with E-state index in [-0.39, 0.29) is 18.6 Å². The molecule has 8 heteroatoms. The van der Waals surface area contributed by atoms with Gasteiger partial charge in [0.25, 0.3) is 0 Å². The fourth-order valence-electron chi connectivity index (χ4n) is 4.97. The van der Waals surface area contributed by atoms with Gasteiger partial charge in [0, 0.05) is 17.4 Å². The topological polar surface area (TPSA) is 86.3 Å². The number of nitrogens with one attached hydrogen (secondary N) is 1. The molecule has 1 N–H and O–H groups in total. The molecule has 3 unspecified atom stereocenters. The average molecular weight is 420 g/mol. The van der Waals surface area contributed by atoms with E-state index in [1.54, 1.807) is 48.4 Å². The second-order valence-corrected chi connectivity index (χ2v) is 8.08. The molecule has 2 aromatic carbocycles. The van der Waals surface area contributed by atoms with Crippen LogP contribution < -0.4 is 24.4 Å². The number of anilines is 2. The minimum absolute atomic E-state index is 0.124. The molecule has 31 heavy (non-hydrogen) atoms. The Labute approximate surface area is 178 Å². The van der Waals surface area contributed by atoms with Gasteiger partial charge in [-0.1, -0.05) is 12.2 Å². The standard InChI is InChI=1S/C23H20N2O6/c1-28-15-5-2-13(3-6-15)24-21(26)19-17-8-9-23(31-17)11-25(22(27)20(19)23)14-4-7-16-18(10-14)30-12-29-16/h2-10,17,19-20H,11-12H2,1H3,(H,24,26)/t17-,19?,20?,23?/m1/s1. The molecule has 158 valence electrons. The number of methoxy groups -OCH3 is 1. The van der Waals surface area contributed by atoms with E-state index >= 15 is 0 Å². The van der Waals surface area contributed by atoms with Crippen molar-refractivity contribution in [2.45, 2.75) is 11.7 Å². The van der Waals surface area contributed by atoms with Crippen molar-refractivity contribution in [2.75, 3.05) is 30.7 Å². The fraction of sp³-hybridized carbons (Fsp3) is 0.304. The molecular formula is C23H20N2O6. The minimum Gasteiger partial charge on any atom is -0.497 e. The van der Waals surface area contributed by atoms with Crippen LogP contribution in [0.3, 0.4) is 0 Å². The van der Waals surface area contributed by atoms with Gasteiger partial charge in [-0.2, -0.15) is 0 Å². The number of hydrogen-bond donors (Lipinski definition) is 1. The van der Waals surface area contributed by atoms with Crippen molar-refractivity contribution in [1.82, 2.24) is 0 Å².